The molecule has 0 radical (unpaired) electrons. The zero-order valence-corrected chi connectivity index (χ0v) is 14.4. The highest BCUT2D eigenvalue weighted by atomic mass is 32.2. The van der Waals surface area contributed by atoms with Gasteiger partial charge in [-0.05, 0) is 30.6 Å². The molecule has 0 bridgehead atoms. The number of aliphatic hydroxyl groups is 3. The molecule has 1 aromatic rings. The Labute approximate surface area is 148 Å². The molecule has 2 rings (SSSR count). The lowest BCUT2D eigenvalue weighted by atomic mass is 9.99. The van der Waals surface area contributed by atoms with E-state index in [1.165, 1.54) is 12.1 Å². The van der Waals surface area contributed by atoms with Gasteiger partial charge in [-0.3, -0.25) is 0 Å². The molecular formula is C15H18O7S2. The summed E-state index contributed by atoms with van der Waals surface area (Å²) in [6.07, 6.45) is -4.81. The highest BCUT2D eigenvalue weighted by Gasteiger charge is 2.48. The number of carbonyl (C=O) groups is 1. The molecule has 1 fully saturated rings. The van der Waals surface area contributed by atoms with Crippen LogP contribution in [0.2, 0.25) is 0 Å². The first-order chi connectivity index (χ1) is 11.5. The smallest absolute Gasteiger partial charge is 0.338 e. The van der Waals surface area contributed by atoms with Crippen LogP contribution in [-0.2, 0) is 14.2 Å². The number of hydrogen-bond acceptors (Lipinski definition) is 9. The molecule has 0 saturated carbocycles. The van der Waals surface area contributed by atoms with Gasteiger partial charge in [0.05, 0.1) is 12.2 Å². The summed E-state index contributed by atoms with van der Waals surface area (Å²) >= 11 is 6.08. The molecule has 1 saturated heterocycles. The number of esters is 1. The minimum Gasteiger partial charge on any atom is -0.469 e. The molecule has 0 spiro atoms. The van der Waals surface area contributed by atoms with Crippen LogP contribution in [0.3, 0.4) is 0 Å². The molecule has 1 aliphatic rings. The van der Waals surface area contributed by atoms with Crippen LogP contribution in [0, 0.1) is 0 Å². The number of thiocarbonyl (C=S) groups is 1. The summed E-state index contributed by atoms with van der Waals surface area (Å²) < 4.78 is 15.9. The Hall–Kier alpha value is -1.23. The Morgan fingerprint density at radius 3 is 2.50 bits per heavy atom. The first-order valence-electron chi connectivity index (χ1n) is 7.11. The first kappa shape index (κ1) is 19.1. The Morgan fingerprint density at radius 2 is 1.92 bits per heavy atom. The second-order valence-electron chi connectivity index (χ2n) is 5.01. The van der Waals surface area contributed by atoms with Crippen molar-refractivity contribution in [3.8, 4) is 0 Å². The average Bonchev–Trinajstić information content (AvgIpc) is 2.61. The van der Waals surface area contributed by atoms with E-state index in [0.29, 0.717) is 0 Å². The summed E-state index contributed by atoms with van der Waals surface area (Å²) in [7, 11) is 0. The predicted molar refractivity (Wildman–Crippen MR) is 90.6 cm³/mol. The van der Waals surface area contributed by atoms with Crippen LogP contribution in [-0.4, -0.2) is 69.2 Å². The second kappa shape index (κ2) is 8.75. The fraction of sp³-hybridized carbons (Fsp3) is 0.467. The SMILES string of the molecule is CSC(=S)O[C@H]1[C@H](O)[C@@H](OC(=O)c2ccccc2)[C@@H](O)O[C@@H]1CO. The standard InChI is InChI=1S/C15H18O7S2/c1-24-15(23)22-11-9(7-16)20-14(19)12(10(11)17)21-13(18)8-5-3-2-4-6-8/h2-6,9-12,14,16-17,19H,7H2,1H3/t9-,10+,11-,12-,14+/m1/s1. The molecule has 0 aromatic heterocycles. The lowest BCUT2D eigenvalue weighted by molar-refractivity contribution is -0.282. The van der Waals surface area contributed by atoms with Crippen molar-refractivity contribution in [1.29, 1.82) is 0 Å². The predicted octanol–water partition coefficient (Wildman–Crippen LogP) is 0.315. The van der Waals surface area contributed by atoms with E-state index < -0.39 is 43.3 Å². The van der Waals surface area contributed by atoms with Crippen LogP contribution in [0.1, 0.15) is 10.4 Å². The number of hydrogen-bond donors (Lipinski definition) is 3. The molecule has 5 atom stereocenters. The molecule has 0 aliphatic carbocycles. The Balaban J connectivity index is 2.13. The van der Waals surface area contributed by atoms with Crippen molar-refractivity contribution in [1.82, 2.24) is 0 Å². The third-order valence-corrected chi connectivity index (χ3v) is 4.49. The number of rotatable bonds is 4. The number of thioether (sulfide) groups is 1. The van der Waals surface area contributed by atoms with E-state index in [1.54, 1.807) is 24.5 Å². The summed E-state index contributed by atoms with van der Waals surface area (Å²) in [5.41, 5.74) is 0.262. The lowest BCUT2D eigenvalue weighted by Crippen LogP contribution is -2.60. The highest BCUT2D eigenvalue weighted by Crippen LogP contribution is 2.26. The molecule has 1 aliphatic heterocycles. The van der Waals surface area contributed by atoms with Gasteiger partial charge in [-0.1, -0.05) is 30.0 Å². The first-order valence-corrected chi connectivity index (χ1v) is 8.74. The summed E-state index contributed by atoms with van der Waals surface area (Å²) in [6.45, 7) is -0.505. The summed E-state index contributed by atoms with van der Waals surface area (Å²) in [6, 6.07) is 8.14. The monoisotopic (exact) mass is 374 g/mol. The molecule has 1 heterocycles. The van der Waals surface area contributed by atoms with Crippen LogP contribution in [0.5, 0.6) is 0 Å². The number of aliphatic hydroxyl groups excluding tert-OH is 3. The van der Waals surface area contributed by atoms with Crippen LogP contribution in [0.25, 0.3) is 0 Å². The van der Waals surface area contributed by atoms with Crippen molar-refractivity contribution in [2.45, 2.75) is 30.7 Å². The third-order valence-electron chi connectivity index (χ3n) is 3.47. The molecule has 0 amide bonds. The lowest BCUT2D eigenvalue weighted by Gasteiger charge is -2.41. The minimum atomic E-state index is -1.60. The molecule has 9 heteroatoms. The largest absolute Gasteiger partial charge is 0.469 e. The van der Waals surface area contributed by atoms with Gasteiger partial charge in [0.1, 0.15) is 12.2 Å². The minimum absolute atomic E-state index is 0.130. The van der Waals surface area contributed by atoms with Crippen molar-refractivity contribution in [2.24, 2.45) is 0 Å². The molecular weight excluding hydrogens is 356 g/mol. The zero-order chi connectivity index (χ0) is 17.7. The van der Waals surface area contributed by atoms with Gasteiger partial charge < -0.3 is 29.5 Å². The van der Waals surface area contributed by atoms with Crippen molar-refractivity contribution in [3.05, 3.63) is 35.9 Å². The molecule has 132 valence electrons. The molecule has 1 aromatic carbocycles. The van der Waals surface area contributed by atoms with Gasteiger partial charge in [0.2, 0.25) is 4.38 Å². The van der Waals surface area contributed by atoms with Crippen molar-refractivity contribution >= 4 is 34.3 Å². The van der Waals surface area contributed by atoms with E-state index in [4.69, 9.17) is 26.4 Å². The molecule has 0 unspecified atom stereocenters. The van der Waals surface area contributed by atoms with E-state index in [-0.39, 0.29) is 9.95 Å². The van der Waals surface area contributed by atoms with Gasteiger partial charge in [-0.15, -0.1) is 0 Å². The zero-order valence-electron chi connectivity index (χ0n) is 12.8. The summed E-state index contributed by atoms with van der Waals surface area (Å²) in [5.74, 6) is -0.726. The van der Waals surface area contributed by atoms with E-state index in [9.17, 15) is 20.1 Å². The number of ether oxygens (including phenoxy) is 3. The normalized spacial score (nSPS) is 29.8. The van der Waals surface area contributed by atoms with Crippen LogP contribution in [0.15, 0.2) is 30.3 Å². The summed E-state index contributed by atoms with van der Waals surface area (Å²) in [5, 5.41) is 29.7. The number of carbonyl (C=O) groups excluding carboxylic acids is 1. The molecule has 3 N–H and O–H groups in total. The van der Waals surface area contributed by atoms with Crippen LogP contribution in [0.4, 0.5) is 0 Å². The van der Waals surface area contributed by atoms with E-state index in [2.05, 4.69) is 0 Å². The van der Waals surface area contributed by atoms with Crippen molar-refractivity contribution in [3.63, 3.8) is 0 Å². The van der Waals surface area contributed by atoms with Crippen molar-refractivity contribution < 1.29 is 34.3 Å². The average molecular weight is 374 g/mol. The van der Waals surface area contributed by atoms with Gasteiger partial charge in [-0.25, -0.2) is 4.79 Å². The fourth-order valence-corrected chi connectivity index (χ4v) is 2.57. The van der Waals surface area contributed by atoms with Gasteiger partial charge in [0, 0.05) is 0 Å². The van der Waals surface area contributed by atoms with Gasteiger partial charge in [0.25, 0.3) is 0 Å². The van der Waals surface area contributed by atoms with Crippen molar-refractivity contribution in [2.75, 3.05) is 12.9 Å². The Bertz CT molecular complexity index is 568. The van der Waals surface area contributed by atoms with E-state index >= 15 is 0 Å². The topological polar surface area (TPSA) is 105 Å². The maximum Gasteiger partial charge on any atom is 0.338 e. The van der Waals surface area contributed by atoms with Crippen LogP contribution >= 0.6 is 24.0 Å². The van der Waals surface area contributed by atoms with Crippen LogP contribution < -0.4 is 0 Å². The maximum atomic E-state index is 12.1. The van der Waals surface area contributed by atoms with Gasteiger partial charge in [0.15, 0.2) is 18.5 Å². The van der Waals surface area contributed by atoms with E-state index in [1.807, 2.05) is 0 Å². The van der Waals surface area contributed by atoms with Gasteiger partial charge in [-0.2, -0.15) is 0 Å². The second-order valence-corrected chi connectivity index (χ2v) is 6.42. The summed E-state index contributed by atoms with van der Waals surface area (Å²) in [4.78, 5) is 12.1. The highest BCUT2D eigenvalue weighted by molar-refractivity contribution is 8.22. The van der Waals surface area contributed by atoms with E-state index in [0.717, 1.165) is 11.8 Å². The Morgan fingerprint density at radius 1 is 1.25 bits per heavy atom. The molecule has 7 nitrogen and oxygen atoms in total. The quantitative estimate of drug-likeness (QED) is 0.507. The Kier molecular flexibility index (Phi) is 6.96. The number of benzene rings is 1. The maximum absolute atomic E-state index is 12.1. The third kappa shape index (κ3) is 4.44. The molecule has 24 heavy (non-hydrogen) atoms. The fourth-order valence-electron chi connectivity index (χ4n) is 2.26. The van der Waals surface area contributed by atoms with Gasteiger partial charge >= 0.3 is 5.97 Å².